The van der Waals surface area contributed by atoms with E-state index in [9.17, 15) is 0 Å². The molecule has 2 aromatic rings. The zero-order valence-corrected chi connectivity index (χ0v) is 7.80. The molecule has 0 aliphatic carbocycles. The number of nitrogens with zero attached hydrogens (tertiary/aromatic N) is 3. The molecule has 3 nitrogen and oxygen atoms in total. The lowest BCUT2D eigenvalue weighted by molar-refractivity contribution is 0.702. The van der Waals surface area contributed by atoms with Gasteiger partial charge in [-0.3, -0.25) is 9.97 Å². The molecule has 4 heteroatoms. The van der Waals surface area contributed by atoms with E-state index in [0.717, 1.165) is 18.7 Å². The molecule has 0 unspecified atom stereocenters. The zero-order chi connectivity index (χ0) is 9.80. The van der Waals surface area contributed by atoms with Crippen LogP contribution < -0.4 is 5.72 Å². The number of imidazole rings is 1. The number of aromatic nitrogens is 3. The van der Waals surface area contributed by atoms with E-state index in [2.05, 4.69) is 9.97 Å². The molecule has 2 heterocycles. The van der Waals surface area contributed by atoms with Crippen LogP contribution in [-0.4, -0.2) is 22.4 Å². The van der Waals surface area contributed by atoms with Crippen molar-refractivity contribution in [2.24, 2.45) is 0 Å². The fraction of sp³-hybridized carbons (Fsp3) is 0.200. The highest BCUT2D eigenvalue weighted by atomic mass is 15.0. The van der Waals surface area contributed by atoms with E-state index in [1.165, 1.54) is 0 Å². The standard InChI is InChI=1S/C10H10BN3/c11-10-13-6-8-14(10)7-4-9-3-1-2-5-12-9/h1-3,5-6,8H,4,7H2. The maximum Gasteiger partial charge on any atom is 0.167 e. The van der Waals surface area contributed by atoms with Gasteiger partial charge in [0.1, 0.15) is 0 Å². The molecule has 2 aromatic heterocycles. The van der Waals surface area contributed by atoms with Crippen LogP contribution in [0.25, 0.3) is 0 Å². The van der Waals surface area contributed by atoms with Gasteiger partial charge in [-0.2, -0.15) is 0 Å². The summed E-state index contributed by atoms with van der Waals surface area (Å²) in [5.74, 6) is 0. The average Bonchev–Trinajstić information content (AvgIpc) is 2.63. The number of hydrogen-bond donors (Lipinski definition) is 0. The van der Waals surface area contributed by atoms with E-state index in [4.69, 9.17) is 7.85 Å². The van der Waals surface area contributed by atoms with E-state index in [0.29, 0.717) is 5.72 Å². The normalized spacial score (nSPS) is 10.3. The highest BCUT2D eigenvalue weighted by Gasteiger charge is 1.97. The third kappa shape index (κ3) is 2.02. The Morgan fingerprint density at radius 2 is 2.14 bits per heavy atom. The Morgan fingerprint density at radius 1 is 1.21 bits per heavy atom. The molecule has 0 amide bonds. The number of aryl methyl sites for hydroxylation is 2. The SMILES string of the molecule is [B]c1nccn1CCc1ccccn1. The second kappa shape index (κ2) is 4.09. The van der Waals surface area contributed by atoms with E-state index < -0.39 is 0 Å². The van der Waals surface area contributed by atoms with Crippen LogP contribution in [0.2, 0.25) is 0 Å². The molecule has 0 N–H and O–H groups in total. The molecular weight excluding hydrogens is 173 g/mol. The van der Waals surface area contributed by atoms with Crippen molar-refractivity contribution in [2.75, 3.05) is 0 Å². The first kappa shape index (κ1) is 9.00. The zero-order valence-electron chi connectivity index (χ0n) is 7.80. The van der Waals surface area contributed by atoms with Gasteiger partial charge in [-0.15, -0.1) is 0 Å². The van der Waals surface area contributed by atoms with Gasteiger partial charge in [-0.1, -0.05) is 6.07 Å². The lowest BCUT2D eigenvalue weighted by atomic mass is 10.1. The van der Waals surface area contributed by atoms with Crippen molar-refractivity contribution in [3.63, 3.8) is 0 Å². The topological polar surface area (TPSA) is 30.7 Å². The first-order chi connectivity index (χ1) is 6.86. The quantitative estimate of drug-likeness (QED) is 0.641. The van der Waals surface area contributed by atoms with Crippen molar-refractivity contribution < 1.29 is 0 Å². The highest BCUT2D eigenvalue weighted by Crippen LogP contribution is 1.96. The summed E-state index contributed by atoms with van der Waals surface area (Å²) < 4.78 is 1.91. The van der Waals surface area contributed by atoms with Crippen molar-refractivity contribution >= 4 is 13.6 Å². The fourth-order valence-electron chi connectivity index (χ4n) is 1.31. The molecular formula is C10H10BN3. The van der Waals surface area contributed by atoms with Crippen LogP contribution in [0.15, 0.2) is 36.8 Å². The van der Waals surface area contributed by atoms with Crippen LogP contribution in [0.4, 0.5) is 0 Å². The van der Waals surface area contributed by atoms with Gasteiger partial charge in [0.15, 0.2) is 7.85 Å². The van der Waals surface area contributed by atoms with Gasteiger partial charge in [0.05, 0.1) is 0 Å². The largest absolute Gasteiger partial charge is 0.344 e. The molecule has 2 rings (SSSR count). The molecule has 0 atom stereocenters. The number of rotatable bonds is 3. The second-order valence-electron chi connectivity index (χ2n) is 3.05. The minimum atomic E-state index is 0.556. The minimum absolute atomic E-state index is 0.556. The smallest absolute Gasteiger partial charge is 0.167 e. The summed E-state index contributed by atoms with van der Waals surface area (Å²) in [4.78, 5) is 8.18. The Kier molecular flexibility index (Phi) is 2.63. The van der Waals surface area contributed by atoms with Gasteiger partial charge in [-0.25, -0.2) is 0 Å². The van der Waals surface area contributed by atoms with Crippen LogP contribution in [-0.2, 0) is 13.0 Å². The molecule has 0 saturated heterocycles. The maximum absolute atomic E-state index is 5.64. The van der Waals surface area contributed by atoms with Gasteiger partial charge in [0.25, 0.3) is 0 Å². The first-order valence-corrected chi connectivity index (χ1v) is 4.53. The van der Waals surface area contributed by atoms with Crippen molar-refractivity contribution in [1.29, 1.82) is 0 Å². The summed E-state index contributed by atoms with van der Waals surface area (Å²) >= 11 is 0. The molecule has 14 heavy (non-hydrogen) atoms. The van der Waals surface area contributed by atoms with E-state index in [-0.39, 0.29) is 0 Å². The Labute approximate surface area is 84.2 Å². The molecule has 2 radical (unpaired) electrons. The molecule has 0 spiro atoms. The molecule has 68 valence electrons. The Bertz CT molecular complexity index is 397. The summed E-state index contributed by atoms with van der Waals surface area (Å²) in [7, 11) is 5.64. The molecule has 0 bridgehead atoms. The van der Waals surface area contributed by atoms with Crippen LogP contribution in [0.3, 0.4) is 0 Å². The van der Waals surface area contributed by atoms with E-state index in [1.807, 2.05) is 29.0 Å². The van der Waals surface area contributed by atoms with Gasteiger partial charge in [0.2, 0.25) is 0 Å². The van der Waals surface area contributed by atoms with Gasteiger partial charge < -0.3 is 4.57 Å². The summed E-state index contributed by atoms with van der Waals surface area (Å²) in [5.41, 5.74) is 1.63. The Balaban J connectivity index is 1.99. The Morgan fingerprint density at radius 3 is 2.79 bits per heavy atom. The average molecular weight is 183 g/mol. The van der Waals surface area contributed by atoms with E-state index >= 15 is 0 Å². The second-order valence-corrected chi connectivity index (χ2v) is 3.05. The van der Waals surface area contributed by atoms with Gasteiger partial charge >= 0.3 is 0 Å². The van der Waals surface area contributed by atoms with Crippen LogP contribution >= 0.6 is 0 Å². The molecule has 0 aliphatic heterocycles. The summed E-state index contributed by atoms with van der Waals surface area (Å²) in [6, 6.07) is 5.90. The van der Waals surface area contributed by atoms with E-state index in [1.54, 1.807) is 12.4 Å². The predicted octanol–water partition coefficient (Wildman–Crippen LogP) is 0.315. The van der Waals surface area contributed by atoms with Crippen LogP contribution in [0.1, 0.15) is 5.69 Å². The minimum Gasteiger partial charge on any atom is -0.344 e. The third-order valence-electron chi connectivity index (χ3n) is 2.08. The molecule has 0 aromatic carbocycles. The van der Waals surface area contributed by atoms with Crippen molar-refractivity contribution in [3.8, 4) is 0 Å². The summed E-state index contributed by atoms with van der Waals surface area (Å²) in [6.45, 7) is 0.822. The monoisotopic (exact) mass is 183 g/mol. The fourth-order valence-corrected chi connectivity index (χ4v) is 1.31. The van der Waals surface area contributed by atoms with Crippen molar-refractivity contribution in [2.45, 2.75) is 13.0 Å². The predicted molar refractivity (Wildman–Crippen MR) is 55.6 cm³/mol. The van der Waals surface area contributed by atoms with Crippen LogP contribution in [0, 0.1) is 0 Å². The van der Waals surface area contributed by atoms with Gasteiger partial charge in [0, 0.05) is 43.0 Å². The molecule has 0 saturated carbocycles. The lowest BCUT2D eigenvalue weighted by Crippen LogP contribution is -2.19. The maximum atomic E-state index is 5.64. The summed E-state index contributed by atoms with van der Waals surface area (Å²) in [6.07, 6.45) is 6.25. The first-order valence-electron chi connectivity index (χ1n) is 4.53. The number of hydrogen-bond acceptors (Lipinski definition) is 2. The third-order valence-corrected chi connectivity index (χ3v) is 2.08. The van der Waals surface area contributed by atoms with Gasteiger partial charge in [-0.05, 0) is 12.1 Å². The molecule has 0 fully saturated rings. The Hall–Kier alpha value is -1.58. The highest BCUT2D eigenvalue weighted by molar-refractivity contribution is 6.29. The molecule has 0 aliphatic rings. The number of pyridine rings is 1. The van der Waals surface area contributed by atoms with Crippen molar-refractivity contribution in [3.05, 3.63) is 42.5 Å². The lowest BCUT2D eigenvalue weighted by Gasteiger charge is -2.04. The van der Waals surface area contributed by atoms with Crippen LogP contribution in [0.5, 0.6) is 0 Å². The van der Waals surface area contributed by atoms with Crippen molar-refractivity contribution in [1.82, 2.24) is 14.5 Å². The summed E-state index contributed by atoms with van der Waals surface area (Å²) in [5, 5.41) is 0.